The first kappa shape index (κ1) is 6.08. The summed E-state index contributed by atoms with van der Waals surface area (Å²) in [7, 11) is 1.90. The molecule has 106 valence electrons. The second-order valence-electron chi connectivity index (χ2n) is 4.20. The standard InChI is InChI=1S/C15H25N3O/c1-3-4-5-6-10-19-15-14(16-12-17-15)13-8-7-9-18(2)11-13/h8H,3-7,9-12H2,1-2H3/i3D2,4D2,5D2,6D2,10D2. The molecule has 0 fully saturated rings. The van der Waals surface area contributed by atoms with Crippen molar-refractivity contribution in [3.63, 3.8) is 0 Å². The van der Waals surface area contributed by atoms with E-state index in [1.807, 2.05) is 18.0 Å². The minimum atomic E-state index is -3.58. The maximum Gasteiger partial charge on any atom is 0.237 e. The highest BCUT2D eigenvalue weighted by Gasteiger charge is 2.22. The Kier molecular flexibility index (Phi) is 2.38. The van der Waals surface area contributed by atoms with E-state index >= 15 is 0 Å². The van der Waals surface area contributed by atoms with Gasteiger partial charge in [-0.15, -0.1) is 0 Å². The Balaban J connectivity index is 2.32. The zero-order chi connectivity index (χ0) is 22.5. The Bertz CT molecular complexity index is 739. The van der Waals surface area contributed by atoms with Crippen LogP contribution in [0.4, 0.5) is 0 Å². The summed E-state index contributed by atoms with van der Waals surface area (Å²) in [5.74, 6) is -0.281. The molecule has 2 aliphatic heterocycles. The number of hydrogen-bond acceptors (Lipinski definition) is 4. The molecule has 0 aliphatic carbocycles. The molecule has 0 N–H and O–H groups in total. The largest absolute Gasteiger partial charge is 0.476 e. The summed E-state index contributed by atoms with van der Waals surface area (Å²) < 4.78 is 84.0. The molecule has 0 aromatic heterocycles. The van der Waals surface area contributed by atoms with Crippen molar-refractivity contribution in [1.29, 1.82) is 0 Å². The summed E-state index contributed by atoms with van der Waals surface area (Å²) in [6.07, 6.45) is -10.7. The zero-order valence-corrected chi connectivity index (χ0v) is 11.2. The quantitative estimate of drug-likeness (QED) is 0.746. The molecule has 4 heteroatoms. The van der Waals surface area contributed by atoms with Crippen LogP contribution < -0.4 is 0 Å². The monoisotopic (exact) mass is 273 g/mol. The SMILES string of the molecule is [2H]C([2H])(C)C([2H])([2H])C([2H])([2H])C([2H])([2H])C([2H])([2H])OC1=NCN=C1C1=CCCN(C)C1. The fourth-order valence-electron chi connectivity index (χ4n) is 1.89. The van der Waals surface area contributed by atoms with E-state index in [0.717, 1.165) is 25.5 Å². The van der Waals surface area contributed by atoms with Crippen LogP contribution in [0.5, 0.6) is 0 Å². The average molecular weight is 273 g/mol. The highest BCUT2D eigenvalue weighted by atomic mass is 16.5. The Hall–Kier alpha value is -1.16. The minimum absolute atomic E-state index is 0.0456. The smallest absolute Gasteiger partial charge is 0.237 e. The molecule has 0 aromatic carbocycles. The van der Waals surface area contributed by atoms with E-state index in [1.54, 1.807) is 0 Å². The molecule has 0 unspecified atom stereocenters. The molecule has 0 spiro atoms. The normalized spacial score (nSPS) is 31.6. The predicted molar refractivity (Wildman–Crippen MR) is 80.0 cm³/mol. The summed E-state index contributed by atoms with van der Waals surface area (Å²) in [6.45, 7) is -1.29. The number of likely N-dealkylation sites (N-methyl/N-ethyl adjacent to an activating group) is 1. The second kappa shape index (κ2) is 7.43. The molecule has 0 radical (unpaired) electrons. The van der Waals surface area contributed by atoms with Crippen molar-refractivity contribution < 1.29 is 18.4 Å². The van der Waals surface area contributed by atoms with Crippen molar-refractivity contribution in [3.05, 3.63) is 11.6 Å². The molecule has 0 aromatic rings. The van der Waals surface area contributed by atoms with Gasteiger partial charge in [0.1, 0.15) is 12.4 Å². The molecule has 4 nitrogen and oxygen atoms in total. The van der Waals surface area contributed by atoms with E-state index in [4.69, 9.17) is 18.4 Å². The van der Waals surface area contributed by atoms with Crippen LogP contribution in [-0.2, 0) is 4.74 Å². The van der Waals surface area contributed by atoms with Gasteiger partial charge in [-0.1, -0.05) is 32.1 Å². The van der Waals surface area contributed by atoms with Gasteiger partial charge in [0.2, 0.25) is 5.90 Å². The van der Waals surface area contributed by atoms with Gasteiger partial charge in [-0.2, -0.15) is 0 Å². The van der Waals surface area contributed by atoms with Crippen LogP contribution in [-0.4, -0.2) is 49.9 Å². The Morgan fingerprint density at radius 2 is 2.26 bits per heavy atom. The van der Waals surface area contributed by atoms with Crippen molar-refractivity contribution in [2.75, 3.05) is 33.4 Å². The van der Waals surface area contributed by atoms with Crippen LogP contribution in [0.1, 0.15) is 52.5 Å². The fraction of sp³-hybridized carbons (Fsp3) is 0.733. The fourth-order valence-corrected chi connectivity index (χ4v) is 1.89. The number of aliphatic imine (C=N–C) groups is 2. The van der Waals surface area contributed by atoms with E-state index in [0.29, 0.717) is 6.54 Å². The van der Waals surface area contributed by atoms with Crippen LogP contribution in [0, 0.1) is 0 Å². The average Bonchev–Trinajstić information content (AvgIpc) is 3.00. The molecule has 0 saturated heterocycles. The Morgan fingerprint density at radius 3 is 3.05 bits per heavy atom. The third kappa shape index (κ3) is 4.16. The molecule has 0 saturated carbocycles. The highest BCUT2D eigenvalue weighted by molar-refractivity contribution is 6.46. The lowest BCUT2D eigenvalue weighted by Crippen LogP contribution is -2.31. The molecule has 19 heavy (non-hydrogen) atoms. The van der Waals surface area contributed by atoms with Crippen LogP contribution in [0.25, 0.3) is 0 Å². The van der Waals surface area contributed by atoms with Gasteiger partial charge < -0.3 is 9.64 Å². The zero-order valence-electron chi connectivity index (χ0n) is 21.2. The molecule has 0 bridgehead atoms. The third-order valence-electron chi connectivity index (χ3n) is 2.74. The molecular weight excluding hydrogens is 238 g/mol. The number of hydrogen-bond donors (Lipinski definition) is 0. The van der Waals surface area contributed by atoms with Crippen molar-refractivity contribution >= 4 is 11.6 Å². The molecule has 2 heterocycles. The van der Waals surface area contributed by atoms with E-state index < -0.39 is 32.1 Å². The first-order valence-electron chi connectivity index (χ1n) is 11.1. The first-order valence-corrected chi connectivity index (χ1v) is 6.12. The minimum Gasteiger partial charge on any atom is -0.476 e. The van der Waals surface area contributed by atoms with Gasteiger partial charge in [0, 0.05) is 24.1 Å². The van der Waals surface area contributed by atoms with Gasteiger partial charge in [-0.3, -0.25) is 4.99 Å². The van der Waals surface area contributed by atoms with Crippen molar-refractivity contribution in [1.82, 2.24) is 4.90 Å². The predicted octanol–water partition coefficient (Wildman–Crippen LogP) is 2.66. The van der Waals surface area contributed by atoms with Gasteiger partial charge in [0.15, 0.2) is 0 Å². The number of nitrogens with zero attached hydrogens (tertiary/aromatic N) is 3. The summed E-state index contributed by atoms with van der Waals surface area (Å²) in [5, 5.41) is 0. The summed E-state index contributed by atoms with van der Waals surface area (Å²) in [5.41, 5.74) is 0.986. The number of ether oxygens (including phenoxy) is 1. The van der Waals surface area contributed by atoms with Crippen molar-refractivity contribution in [3.8, 4) is 0 Å². The molecular formula is C15H25N3O. The van der Waals surface area contributed by atoms with Gasteiger partial charge in [0.05, 0.1) is 9.30 Å². The van der Waals surface area contributed by atoms with Crippen LogP contribution >= 0.6 is 0 Å². The van der Waals surface area contributed by atoms with Crippen molar-refractivity contribution in [2.45, 2.75) is 38.8 Å². The van der Waals surface area contributed by atoms with E-state index in [-0.39, 0.29) is 18.3 Å². The van der Waals surface area contributed by atoms with E-state index in [1.165, 1.54) is 0 Å². The van der Waals surface area contributed by atoms with E-state index in [2.05, 4.69) is 9.98 Å². The lowest BCUT2D eigenvalue weighted by molar-refractivity contribution is 0.298. The summed E-state index contributed by atoms with van der Waals surface area (Å²) in [4.78, 5) is 10.1. The summed E-state index contributed by atoms with van der Waals surface area (Å²) >= 11 is 0. The Labute approximate surface area is 130 Å². The topological polar surface area (TPSA) is 37.2 Å². The summed E-state index contributed by atoms with van der Waals surface area (Å²) in [6, 6.07) is 0. The maximum atomic E-state index is 8.05. The molecule has 0 amide bonds. The van der Waals surface area contributed by atoms with Gasteiger partial charge in [0.25, 0.3) is 0 Å². The Morgan fingerprint density at radius 1 is 1.37 bits per heavy atom. The lowest BCUT2D eigenvalue weighted by atomic mass is 10.1. The third-order valence-corrected chi connectivity index (χ3v) is 2.74. The second-order valence-corrected chi connectivity index (χ2v) is 4.20. The number of rotatable bonds is 6. The van der Waals surface area contributed by atoms with Crippen molar-refractivity contribution in [2.24, 2.45) is 9.98 Å². The van der Waals surface area contributed by atoms with Crippen LogP contribution in [0.3, 0.4) is 0 Å². The van der Waals surface area contributed by atoms with Gasteiger partial charge in [-0.05, 0) is 25.4 Å². The molecule has 2 aliphatic rings. The molecule has 2 rings (SSSR count). The maximum absolute atomic E-state index is 8.05. The van der Waals surface area contributed by atoms with Gasteiger partial charge in [-0.25, -0.2) is 4.99 Å². The molecule has 0 atom stereocenters. The van der Waals surface area contributed by atoms with Crippen LogP contribution in [0.15, 0.2) is 21.6 Å². The highest BCUT2D eigenvalue weighted by Crippen LogP contribution is 2.14. The van der Waals surface area contributed by atoms with E-state index in [9.17, 15) is 0 Å². The van der Waals surface area contributed by atoms with Crippen LogP contribution in [0.2, 0.25) is 0 Å². The first-order chi connectivity index (χ1) is 13.0. The lowest BCUT2D eigenvalue weighted by Gasteiger charge is -2.23. The van der Waals surface area contributed by atoms with Gasteiger partial charge >= 0.3 is 0 Å².